The van der Waals surface area contributed by atoms with E-state index in [0.29, 0.717) is 70.2 Å². The number of piperazine rings is 2. The predicted molar refractivity (Wildman–Crippen MR) is 99.4 cm³/mol. The van der Waals surface area contributed by atoms with Crippen LogP contribution in [-0.4, -0.2) is 96.2 Å². The standard InChI is InChI=1S/C19H28N4O4/c1-14-12-17(15(2)27-14)19(26)23-6-4-20(5-7-23)13-18(25)22-10-8-21(9-11-22)16(3)24/h12H,4-11,13H2,1-3H3. The summed E-state index contributed by atoms with van der Waals surface area (Å²) in [5.74, 6) is 1.55. The fourth-order valence-corrected chi connectivity index (χ4v) is 3.68. The molecule has 2 saturated heterocycles. The van der Waals surface area contributed by atoms with Gasteiger partial charge in [0.25, 0.3) is 5.91 Å². The van der Waals surface area contributed by atoms with E-state index in [1.165, 1.54) is 0 Å². The van der Waals surface area contributed by atoms with Crippen LogP contribution in [0.5, 0.6) is 0 Å². The first kappa shape index (κ1) is 19.4. The smallest absolute Gasteiger partial charge is 0.257 e. The fraction of sp³-hybridized carbons (Fsp3) is 0.632. The molecule has 3 amide bonds. The lowest BCUT2D eigenvalue weighted by atomic mass is 10.2. The number of hydrogen-bond donors (Lipinski definition) is 0. The predicted octanol–water partition coefficient (Wildman–Crippen LogP) is 0.345. The Labute approximate surface area is 159 Å². The largest absolute Gasteiger partial charge is 0.466 e. The molecule has 8 nitrogen and oxygen atoms in total. The molecule has 1 aromatic rings. The molecule has 8 heteroatoms. The second-order valence-electron chi connectivity index (χ2n) is 7.28. The molecule has 0 aromatic carbocycles. The van der Waals surface area contributed by atoms with Crippen molar-refractivity contribution in [3.63, 3.8) is 0 Å². The first-order valence-corrected chi connectivity index (χ1v) is 9.47. The summed E-state index contributed by atoms with van der Waals surface area (Å²) in [5.41, 5.74) is 0.625. The molecule has 0 spiro atoms. The zero-order valence-corrected chi connectivity index (χ0v) is 16.4. The van der Waals surface area contributed by atoms with Crippen molar-refractivity contribution in [1.82, 2.24) is 19.6 Å². The van der Waals surface area contributed by atoms with Gasteiger partial charge in [0.1, 0.15) is 11.5 Å². The summed E-state index contributed by atoms with van der Waals surface area (Å²) in [6.45, 7) is 10.5. The van der Waals surface area contributed by atoms with E-state index in [1.807, 2.05) is 16.7 Å². The Morgan fingerprint density at radius 3 is 1.96 bits per heavy atom. The molecule has 27 heavy (non-hydrogen) atoms. The maximum atomic E-state index is 12.6. The van der Waals surface area contributed by atoms with E-state index < -0.39 is 0 Å². The summed E-state index contributed by atoms with van der Waals surface area (Å²) >= 11 is 0. The molecule has 0 aliphatic carbocycles. The van der Waals surface area contributed by atoms with Crippen molar-refractivity contribution in [2.75, 3.05) is 58.9 Å². The molecule has 0 radical (unpaired) electrons. The van der Waals surface area contributed by atoms with Gasteiger partial charge < -0.3 is 19.1 Å². The van der Waals surface area contributed by atoms with E-state index in [9.17, 15) is 14.4 Å². The highest BCUT2D eigenvalue weighted by Gasteiger charge is 2.28. The van der Waals surface area contributed by atoms with Crippen LogP contribution in [0, 0.1) is 13.8 Å². The topological polar surface area (TPSA) is 77.3 Å². The van der Waals surface area contributed by atoms with E-state index in [2.05, 4.69) is 4.90 Å². The lowest BCUT2D eigenvalue weighted by molar-refractivity contribution is -0.139. The van der Waals surface area contributed by atoms with E-state index >= 15 is 0 Å². The normalized spacial score (nSPS) is 18.7. The minimum Gasteiger partial charge on any atom is -0.466 e. The van der Waals surface area contributed by atoms with Crippen LogP contribution >= 0.6 is 0 Å². The molecule has 2 fully saturated rings. The van der Waals surface area contributed by atoms with Crippen molar-refractivity contribution in [3.05, 3.63) is 23.2 Å². The van der Waals surface area contributed by atoms with Gasteiger partial charge in [-0.1, -0.05) is 0 Å². The van der Waals surface area contributed by atoms with Crippen molar-refractivity contribution < 1.29 is 18.8 Å². The molecule has 0 unspecified atom stereocenters. The molecule has 0 bridgehead atoms. The van der Waals surface area contributed by atoms with Gasteiger partial charge in [0.15, 0.2) is 0 Å². The number of rotatable bonds is 3. The van der Waals surface area contributed by atoms with Crippen LogP contribution in [0.3, 0.4) is 0 Å². The average molecular weight is 376 g/mol. The van der Waals surface area contributed by atoms with Crippen molar-refractivity contribution >= 4 is 17.7 Å². The molecule has 0 saturated carbocycles. The second-order valence-corrected chi connectivity index (χ2v) is 7.28. The third-order valence-electron chi connectivity index (χ3n) is 5.37. The van der Waals surface area contributed by atoms with Gasteiger partial charge in [-0.25, -0.2) is 0 Å². The molecular weight excluding hydrogens is 348 g/mol. The molecule has 148 valence electrons. The van der Waals surface area contributed by atoms with Crippen LogP contribution < -0.4 is 0 Å². The quantitative estimate of drug-likeness (QED) is 0.761. The summed E-state index contributed by atoms with van der Waals surface area (Å²) in [6.07, 6.45) is 0. The monoisotopic (exact) mass is 376 g/mol. The summed E-state index contributed by atoms with van der Waals surface area (Å²) in [5, 5.41) is 0. The Morgan fingerprint density at radius 1 is 0.889 bits per heavy atom. The van der Waals surface area contributed by atoms with Crippen LogP contribution in [0.15, 0.2) is 10.5 Å². The highest BCUT2D eigenvalue weighted by Crippen LogP contribution is 2.17. The molecule has 3 rings (SSSR count). The number of carbonyl (C=O) groups is 3. The fourth-order valence-electron chi connectivity index (χ4n) is 3.68. The van der Waals surface area contributed by atoms with Gasteiger partial charge in [0, 0.05) is 59.3 Å². The first-order chi connectivity index (χ1) is 12.8. The van der Waals surface area contributed by atoms with Gasteiger partial charge in [-0.05, 0) is 19.9 Å². The Hall–Kier alpha value is -2.35. The van der Waals surface area contributed by atoms with E-state index in [4.69, 9.17) is 4.42 Å². The minimum absolute atomic E-state index is 0.00400. The molecule has 2 aliphatic heterocycles. The Morgan fingerprint density at radius 2 is 1.44 bits per heavy atom. The molecule has 0 N–H and O–H groups in total. The van der Waals surface area contributed by atoms with Crippen LogP contribution in [0.25, 0.3) is 0 Å². The summed E-state index contributed by atoms with van der Waals surface area (Å²) < 4.78 is 5.46. The van der Waals surface area contributed by atoms with Crippen LogP contribution in [0.4, 0.5) is 0 Å². The SMILES string of the molecule is CC(=O)N1CCN(C(=O)CN2CCN(C(=O)c3cc(C)oc3C)CC2)CC1. The van der Waals surface area contributed by atoms with E-state index in [0.717, 1.165) is 5.76 Å². The van der Waals surface area contributed by atoms with Gasteiger partial charge in [-0.15, -0.1) is 0 Å². The Kier molecular flexibility index (Phi) is 5.84. The summed E-state index contributed by atoms with van der Waals surface area (Å²) in [6, 6.07) is 1.79. The molecule has 1 aromatic heterocycles. The molecule has 0 atom stereocenters. The zero-order chi connectivity index (χ0) is 19.6. The highest BCUT2D eigenvalue weighted by atomic mass is 16.3. The van der Waals surface area contributed by atoms with Crippen molar-refractivity contribution in [2.24, 2.45) is 0 Å². The van der Waals surface area contributed by atoms with Crippen LogP contribution in [0.2, 0.25) is 0 Å². The minimum atomic E-state index is -0.00400. The number of nitrogens with zero attached hydrogens (tertiary/aromatic N) is 4. The number of aryl methyl sites for hydroxylation is 2. The lowest BCUT2D eigenvalue weighted by Crippen LogP contribution is -2.54. The molecule has 2 aliphatic rings. The first-order valence-electron chi connectivity index (χ1n) is 9.47. The number of hydrogen-bond acceptors (Lipinski definition) is 5. The van der Waals surface area contributed by atoms with Crippen LogP contribution in [-0.2, 0) is 9.59 Å². The van der Waals surface area contributed by atoms with Crippen molar-refractivity contribution in [3.8, 4) is 0 Å². The average Bonchev–Trinajstić information content (AvgIpc) is 3.00. The van der Waals surface area contributed by atoms with Gasteiger partial charge >= 0.3 is 0 Å². The molecular formula is C19H28N4O4. The van der Waals surface area contributed by atoms with Crippen molar-refractivity contribution in [1.29, 1.82) is 0 Å². The highest BCUT2D eigenvalue weighted by molar-refractivity contribution is 5.95. The summed E-state index contributed by atoms with van der Waals surface area (Å²) in [4.78, 5) is 44.0. The summed E-state index contributed by atoms with van der Waals surface area (Å²) in [7, 11) is 0. The van der Waals surface area contributed by atoms with Gasteiger partial charge in [0.05, 0.1) is 12.1 Å². The van der Waals surface area contributed by atoms with Gasteiger partial charge in [-0.3, -0.25) is 19.3 Å². The lowest BCUT2D eigenvalue weighted by Gasteiger charge is -2.37. The van der Waals surface area contributed by atoms with Gasteiger partial charge in [0.2, 0.25) is 11.8 Å². The third kappa shape index (κ3) is 4.50. The number of furan rings is 1. The number of carbonyl (C=O) groups excluding carboxylic acids is 3. The van der Waals surface area contributed by atoms with Crippen molar-refractivity contribution in [2.45, 2.75) is 20.8 Å². The van der Waals surface area contributed by atoms with Gasteiger partial charge in [-0.2, -0.15) is 0 Å². The van der Waals surface area contributed by atoms with E-state index in [-0.39, 0.29) is 17.7 Å². The zero-order valence-electron chi connectivity index (χ0n) is 16.4. The Balaban J connectivity index is 1.45. The van der Waals surface area contributed by atoms with E-state index in [1.54, 1.807) is 24.8 Å². The Bertz CT molecular complexity index is 713. The maximum absolute atomic E-state index is 12.6. The molecule has 3 heterocycles. The number of amides is 3. The second kappa shape index (κ2) is 8.12. The maximum Gasteiger partial charge on any atom is 0.257 e. The third-order valence-corrected chi connectivity index (χ3v) is 5.37. The van der Waals surface area contributed by atoms with Crippen LogP contribution in [0.1, 0.15) is 28.8 Å².